The highest BCUT2D eigenvalue weighted by Crippen LogP contribution is 2.33. The van der Waals surface area contributed by atoms with Gasteiger partial charge in [0.05, 0.1) is 19.3 Å². The minimum atomic E-state index is -0.764. The SMILES string of the molecule is CNC(=O)C1CN(C(=O)COc2ccc(OC)cc2)c2ccccc2O1. The van der Waals surface area contributed by atoms with Gasteiger partial charge in [0.15, 0.2) is 12.7 Å². The fourth-order valence-corrected chi connectivity index (χ4v) is 2.66. The average molecular weight is 356 g/mol. The Hall–Kier alpha value is -3.22. The van der Waals surface area contributed by atoms with Crippen LogP contribution in [0, 0.1) is 0 Å². The summed E-state index contributed by atoms with van der Waals surface area (Å²) in [4.78, 5) is 26.2. The first-order valence-corrected chi connectivity index (χ1v) is 8.17. The second-order valence-electron chi connectivity index (χ2n) is 5.66. The molecule has 1 aliphatic heterocycles. The monoisotopic (exact) mass is 356 g/mol. The van der Waals surface area contributed by atoms with Crippen LogP contribution in [0.4, 0.5) is 5.69 Å². The van der Waals surface area contributed by atoms with Gasteiger partial charge in [-0.15, -0.1) is 0 Å². The van der Waals surface area contributed by atoms with E-state index < -0.39 is 6.10 Å². The van der Waals surface area contributed by atoms with Crippen LogP contribution >= 0.6 is 0 Å². The third-order valence-corrected chi connectivity index (χ3v) is 4.04. The lowest BCUT2D eigenvalue weighted by molar-refractivity contribution is -0.128. The Balaban J connectivity index is 1.73. The average Bonchev–Trinajstić information content (AvgIpc) is 2.70. The molecule has 136 valence electrons. The molecular weight excluding hydrogens is 336 g/mol. The van der Waals surface area contributed by atoms with E-state index in [4.69, 9.17) is 14.2 Å². The molecule has 1 atom stereocenters. The van der Waals surface area contributed by atoms with E-state index in [0.717, 1.165) is 0 Å². The Morgan fingerprint density at radius 2 is 1.85 bits per heavy atom. The summed E-state index contributed by atoms with van der Waals surface area (Å²) in [7, 11) is 3.11. The molecule has 0 aromatic heterocycles. The molecule has 0 saturated carbocycles. The van der Waals surface area contributed by atoms with Gasteiger partial charge in [-0.05, 0) is 36.4 Å². The van der Waals surface area contributed by atoms with E-state index in [-0.39, 0.29) is 25.0 Å². The number of para-hydroxylation sites is 2. The number of hydrogen-bond acceptors (Lipinski definition) is 5. The van der Waals surface area contributed by atoms with Crippen molar-refractivity contribution in [2.45, 2.75) is 6.10 Å². The first-order chi connectivity index (χ1) is 12.6. The van der Waals surface area contributed by atoms with Crippen LogP contribution in [0.1, 0.15) is 0 Å². The predicted octanol–water partition coefficient (Wildman–Crippen LogP) is 1.61. The molecule has 0 radical (unpaired) electrons. The maximum absolute atomic E-state index is 12.7. The maximum Gasteiger partial charge on any atom is 0.265 e. The van der Waals surface area contributed by atoms with Gasteiger partial charge in [-0.1, -0.05) is 12.1 Å². The van der Waals surface area contributed by atoms with Gasteiger partial charge in [0.1, 0.15) is 17.2 Å². The van der Waals surface area contributed by atoms with Crippen LogP contribution in [-0.2, 0) is 9.59 Å². The number of amides is 2. The van der Waals surface area contributed by atoms with Gasteiger partial charge >= 0.3 is 0 Å². The summed E-state index contributed by atoms with van der Waals surface area (Å²) < 4.78 is 16.4. The van der Waals surface area contributed by atoms with Crippen molar-refractivity contribution in [1.82, 2.24) is 5.32 Å². The number of carbonyl (C=O) groups excluding carboxylic acids is 2. The number of rotatable bonds is 5. The lowest BCUT2D eigenvalue weighted by Crippen LogP contribution is -2.51. The third kappa shape index (κ3) is 3.72. The van der Waals surface area contributed by atoms with Crippen LogP contribution in [0.15, 0.2) is 48.5 Å². The van der Waals surface area contributed by atoms with Crippen molar-refractivity contribution < 1.29 is 23.8 Å². The van der Waals surface area contributed by atoms with E-state index in [1.54, 1.807) is 49.6 Å². The van der Waals surface area contributed by atoms with Crippen LogP contribution < -0.4 is 24.4 Å². The molecule has 3 rings (SSSR count). The topological polar surface area (TPSA) is 77.1 Å². The highest BCUT2D eigenvalue weighted by atomic mass is 16.5. The van der Waals surface area contributed by atoms with E-state index >= 15 is 0 Å². The lowest BCUT2D eigenvalue weighted by atomic mass is 10.1. The molecule has 7 nitrogen and oxygen atoms in total. The standard InChI is InChI=1S/C19H20N2O5/c1-20-19(23)17-11-21(15-5-3-4-6-16(15)26-17)18(22)12-25-14-9-7-13(24-2)8-10-14/h3-10,17H,11-12H2,1-2H3,(H,20,23). The van der Waals surface area contributed by atoms with Crippen molar-refractivity contribution in [3.05, 3.63) is 48.5 Å². The summed E-state index contributed by atoms with van der Waals surface area (Å²) in [5, 5.41) is 2.55. The van der Waals surface area contributed by atoms with Crippen LogP contribution in [-0.4, -0.2) is 45.2 Å². The van der Waals surface area contributed by atoms with Gasteiger partial charge in [0.25, 0.3) is 11.8 Å². The van der Waals surface area contributed by atoms with Crippen LogP contribution in [0.2, 0.25) is 0 Å². The second kappa shape index (κ2) is 7.77. The molecule has 7 heteroatoms. The molecular formula is C19H20N2O5. The first-order valence-electron chi connectivity index (χ1n) is 8.17. The number of fused-ring (bicyclic) bond motifs is 1. The summed E-state index contributed by atoms with van der Waals surface area (Å²) in [6, 6.07) is 14.1. The summed E-state index contributed by atoms with van der Waals surface area (Å²) in [6.07, 6.45) is -0.764. The van der Waals surface area contributed by atoms with E-state index in [1.165, 1.54) is 11.9 Å². The molecule has 26 heavy (non-hydrogen) atoms. The number of anilines is 1. The Bertz CT molecular complexity index is 791. The number of benzene rings is 2. The van der Waals surface area contributed by atoms with E-state index in [0.29, 0.717) is 22.9 Å². The normalized spacial score (nSPS) is 15.5. The Morgan fingerprint density at radius 1 is 1.15 bits per heavy atom. The number of nitrogens with one attached hydrogen (secondary N) is 1. The number of methoxy groups -OCH3 is 1. The molecule has 2 aromatic carbocycles. The zero-order chi connectivity index (χ0) is 18.5. The Kier molecular flexibility index (Phi) is 5.26. The molecule has 1 aliphatic rings. The van der Waals surface area contributed by atoms with Crippen molar-refractivity contribution in [2.24, 2.45) is 0 Å². The maximum atomic E-state index is 12.7. The van der Waals surface area contributed by atoms with Crippen molar-refractivity contribution >= 4 is 17.5 Å². The fourth-order valence-electron chi connectivity index (χ4n) is 2.66. The van der Waals surface area contributed by atoms with Gasteiger partial charge in [0, 0.05) is 7.05 Å². The van der Waals surface area contributed by atoms with Crippen LogP contribution in [0.5, 0.6) is 17.2 Å². The van der Waals surface area contributed by atoms with Gasteiger partial charge in [-0.25, -0.2) is 0 Å². The molecule has 2 amide bonds. The molecule has 0 fully saturated rings. The Morgan fingerprint density at radius 3 is 2.54 bits per heavy atom. The van der Waals surface area contributed by atoms with E-state index in [9.17, 15) is 9.59 Å². The Labute approximate surface area is 151 Å². The number of ether oxygens (including phenoxy) is 3. The first kappa shape index (κ1) is 17.6. The summed E-state index contributed by atoms with van der Waals surface area (Å²) >= 11 is 0. The van der Waals surface area contributed by atoms with E-state index in [1.807, 2.05) is 6.07 Å². The summed E-state index contributed by atoms with van der Waals surface area (Å²) in [5.74, 6) is 1.21. The number of carbonyl (C=O) groups is 2. The van der Waals surface area contributed by atoms with Crippen molar-refractivity contribution in [1.29, 1.82) is 0 Å². The van der Waals surface area contributed by atoms with Gasteiger partial charge < -0.3 is 24.4 Å². The highest BCUT2D eigenvalue weighted by Gasteiger charge is 2.33. The fraction of sp³-hybridized carbons (Fsp3) is 0.263. The van der Waals surface area contributed by atoms with E-state index in [2.05, 4.69) is 5.32 Å². The number of nitrogens with zero attached hydrogens (tertiary/aromatic N) is 1. The summed E-state index contributed by atoms with van der Waals surface area (Å²) in [6.45, 7) is -0.0252. The molecule has 0 saturated heterocycles. The van der Waals surface area contributed by atoms with Gasteiger partial charge in [-0.3, -0.25) is 9.59 Å². The minimum absolute atomic E-state index is 0.126. The largest absolute Gasteiger partial charge is 0.497 e. The second-order valence-corrected chi connectivity index (χ2v) is 5.66. The molecule has 1 N–H and O–H groups in total. The molecule has 0 aliphatic carbocycles. The van der Waals surface area contributed by atoms with Crippen molar-refractivity contribution in [2.75, 3.05) is 32.2 Å². The number of likely N-dealkylation sites (N-methyl/N-ethyl adjacent to an activating group) is 1. The van der Waals surface area contributed by atoms with Crippen molar-refractivity contribution in [3.8, 4) is 17.2 Å². The minimum Gasteiger partial charge on any atom is -0.497 e. The smallest absolute Gasteiger partial charge is 0.265 e. The van der Waals surface area contributed by atoms with Crippen LogP contribution in [0.25, 0.3) is 0 Å². The molecule has 1 unspecified atom stereocenters. The van der Waals surface area contributed by atoms with Gasteiger partial charge in [0.2, 0.25) is 0 Å². The molecule has 2 aromatic rings. The third-order valence-electron chi connectivity index (χ3n) is 4.04. The molecule has 1 heterocycles. The zero-order valence-corrected chi connectivity index (χ0v) is 14.6. The molecule has 0 bridgehead atoms. The zero-order valence-electron chi connectivity index (χ0n) is 14.6. The van der Waals surface area contributed by atoms with Crippen molar-refractivity contribution in [3.63, 3.8) is 0 Å². The lowest BCUT2D eigenvalue weighted by Gasteiger charge is -2.33. The van der Waals surface area contributed by atoms with Gasteiger partial charge in [-0.2, -0.15) is 0 Å². The van der Waals surface area contributed by atoms with Crippen LogP contribution in [0.3, 0.4) is 0 Å². The highest BCUT2D eigenvalue weighted by molar-refractivity contribution is 5.98. The molecule has 0 spiro atoms. The predicted molar refractivity (Wildman–Crippen MR) is 95.8 cm³/mol. The quantitative estimate of drug-likeness (QED) is 0.881. The number of hydrogen-bond donors (Lipinski definition) is 1. The summed E-state index contributed by atoms with van der Waals surface area (Å²) in [5.41, 5.74) is 0.621.